The summed E-state index contributed by atoms with van der Waals surface area (Å²) in [6.07, 6.45) is 0.838. The average Bonchev–Trinajstić information content (AvgIpc) is 2.82. The summed E-state index contributed by atoms with van der Waals surface area (Å²) in [7, 11) is 0. The van der Waals surface area contributed by atoms with Gasteiger partial charge in [-0.15, -0.1) is 0 Å². The Hall–Kier alpha value is -3.10. The zero-order chi connectivity index (χ0) is 23.5. The highest BCUT2D eigenvalue weighted by Crippen LogP contribution is 2.25. The molecule has 3 aromatic carbocycles. The Balaban J connectivity index is 1.57. The standard InChI is InChI=1S/C25H25BrN2O4S/c1-2-14-31-22-13-12-18(26)17-20(22)24(29)28-25(33)27-21-10-6-7-11-23(21)32-16-15-30-19-8-4-3-5-9-19/h3-13,17H,2,14-16H2,1H3,(H2,27,28,29,33). The van der Waals surface area contributed by atoms with Crippen LogP contribution in [-0.4, -0.2) is 30.8 Å². The number of para-hydroxylation sites is 3. The van der Waals surface area contributed by atoms with Crippen molar-refractivity contribution in [1.82, 2.24) is 5.32 Å². The van der Waals surface area contributed by atoms with E-state index >= 15 is 0 Å². The van der Waals surface area contributed by atoms with E-state index < -0.39 is 0 Å². The Labute approximate surface area is 207 Å². The highest BCUT2D eigenvalue weighted by atomic mass is 79.9. The molecule has 0 spiro atoms. The molecule has 3 aromatic rings. The number of benzene rings is 3. The first kappa shape index (κ1) is 24.5. The first-order chi connectivity index (χ1) is 16.1. The lowest BCUT2D eigenvalue weighted by Gasteiger charge is -2.15. The van der Waals surface area contributed by atoms with E-state index in [9.17, 15) is 4.79 Å². The number of halogens is 1. The lowest BCUT2D eigenvalue weighted by Crippen LogP contribution is -2.34. The predicted molar refractivity (Wildman–Crippen MR) is 137 cm³/mol. The average molecular weight is 529 g/mol. The van der Waals surface area contributed by atoms with Crippen LogP contribution in [0, 0.1) is 0 Å². The van der Waals surface area contributed by atoms with Gasteiger partial charge in [-0.3, -0.25) is 10.1 Å². The van der Waals surface area contributed by atoms with Gasteiger partial charge in [-0.1, -0.05) is 53.2 Å². The fourth-order valence-electron chi connectivity index (χ4n) is 2.87. The summed E-state index contributed by atoms with van der Waals surface area (Å²) in [5.74, 6) is 1.52. The molecule has 1 amide bonds. The second-order valence-corrected chi connectivity index (χ2v) is 8.23. The van der Waals surface area contributed by atoms with Crippen LogP contribution < -0.4 is 24.8 Å². The van der Waals surface area contributed by atoms with Crippen LogP contribution in [0.2, 0.25) is 0 Å². The number of amides is 1. The number of hydrogen-bond donors (Lipinski definition) is 2. The molecule has 0 saturated carbocycles. The Bertz CT molecular complexity index is 1080. The highest BCUT2D eigenvalue weighted by Gasteiger charge is 2.15. The van der Waals surface area contributed by atoms with Crippen molar-refractivity contribution >= 4 is 44.9 Å². The van der Waals surface area contributed by atoms with Gasteiger partial charge >= 0.3 is 0 Å². The van der Waals surface area contributed by atoms with Crippen LogP contribution in [0.15, 0.2) is 77.3 Å². The minimum atomic E-state index is -0.366. The van der Waals surface area contributed by atoms with Gasteiger partial charge in [-0.05, 0) is 61.1 Å². The normalized spacial score (nSPS) is 10.2. The summed E-state index contributed by atoms with van der Waals surface area (Å²) in [6.45, 7) is 3.26. The van der Waals surface area contributed by atoms with Crippen molar-refractivity contribution in [2.75, 3.05) is 25.1 Å². The summed E-state index contributed by atoms with van der Waals surface area (Å²) in [5.41, 5.74) is 1.03. The van der Waals surface area contributed by atoms with Crippen LogP contribution in [0.3, 0.4) is 0 Å². The number of carbonyl (C=O) groups is 1. The Morgan fingerprint density at radius 3 is 2.36 bits per heavy atom. The summed E-state index contributed by atoms with van der Waals surface area (Å²) < 4.78 is 18.0. The molecule has 0 aliphatic rings. The zero-order valence-electron chi connectivity index (χ0n) is 18.2. The molecule has 0 unspecified atom stereocenters. The van der Waals surface area contributed by atoms with E-state index in [1.54, 1.807) is 12.1 Å². The van der Waals surface area contributed by atoms with E-state index in [0.717, 1.165) is 16.6 Å². The Morgan fingerprint density at radius 1 is 0.879 bits per heavy atom. The van der Waals surface area contributed by atoms with Crippen LogP contribution in [-0.2, 0) is 0 Å². The number of hydrogen-bond acceptors (Lipinski definition) is 5. The van der Waals surface area contributed by atoms with Gasteiger partial charge in [-0.2, -0.15) is 0 Å². The third-order valence-corrected chi connectivity index (χ3v) is 5.06. The van der Waals surface area contributed by atoms with Gasteiger partial charge in [0, 0.05) is 4.47 Å². The molecule has 8 heteroatoms. The maximum Gasteiger partial charge on any atom is 0.261 e. The molecular weight excluding hydrogens is 504 g/mol. The zero-order valence-corrected chi connectivity index (χ0v) is 20.6. The predicted octanol–water partition coefficient (Wildman–Crippen LogP) is 5.82. The highest BCUT2D eigenvalue weighted by molar-refractivity contribution is 9.10. The van der Waals surface area contributed by atoms with Crippen molar-refractivity contribution < 1.29 is 19.0 Å². The van der Waals surface area contributed by atoms with Crippen molar-refractivity contribution in [1.29, 1.82) is 0 Å². The summed E-state index contributed by atoms with van der Waals surface area (Å²) in [5, 5.41) is 5.88. The molecule has 0 aliphatic carbocycles. The first-order valence-corrected chi connectivity index (χ1v) is 11.7. The number of thiocarbonyl (C=S) groups is 1. The molecule has 0 aliphatic heterocycles. The second-order valence-electron chi connectivity index (χ2n) is 6.90. The molecule has 0 bridgehead atoms. The van der Waals surface area contributed by atoms with Crippen LogP contribution in [0.25, 0.3) is 0 Å². The van der Waals surface area contributed by atoms with E-state index in [-0.39, 0.29) is 11.0 Å². The SMILES string of the molecule is CCCOc1ccc(Br)cc1C(=O)NC(=S)Nc1ccccc1OCCOc1ccccc1. The molecule has 0 heterocycles. The lowest BCUT2D eigenvalue weighted by molar-refractivity contribution is 0.0973. The topological polar surface area (TPSA) is 68.8 Å². The van der Waals surface area contributed by atoms with Gasteiger partial charge in [0.25, 0.3) is 5.91 Å². The van der Waals surface area contributed by atoms with E-state index in [2.05, 4.69) is 26.6 Å². The van der Waals surface area contributed by atoms with E-state index in [1.807, 2.05) is 67.6 Å². The van der Waals surface area contributed by atoms with Crippen LogP contribution in [0.5, 0.6) is 17.2 Å². The third kappa shape index (κ3) is 7.76. The number of nitrogens with one attached hydrogen (secondary N) is 2. The van der Waals surface area contributed by atoms with Crippen LogP contribution in [0.4, 0.5) is 5.69 Å². The smallest absolute Gasteiger partial charge is 0.261 e. The fraction of sp³-hybridized carbons (Fsp3) is 0.200. The molecule has 0 saturated heterocycles. The maximum atomic E-state index is 12.8. The monoisotopic (exact) mass is 528 g/mol. The van der Waals surface area contributed by atoms with Crippen molar-refractivity contribution in [3.05, 3.63) is 82.8 Å². The Kier molecular flexibility index (Phi) is 9.53. The van der Waals surface area contributed by atoms with Crippen molar-refractivity contribution in [2.45, 2.75) is 13.3 Å². The van der Waals surface area contributed by atoms with Crippen molar-refractivity contribution in [3.8, 4) is 17.2 Å². The molecule has 172 valence electrons. The van der Waals surface area contributed by atoms with Crippen molar-refractivity contribution in [3.63, 3.8) is 0 Å². The van der Waals surface area contributed by atoms with Crippen LogP contribution >= 0.6 is 28.1 Å². The number of carbonyl (C=O) groups excluding carboxylic acids is 1. The van der Waals surface area contributed by atoms with E-state index in [0.29, 0.717) is 42.6 Å². The van der Waals surface area contributed by atoms with Gasteiger partial charge in [0.1, 0.15) is 30.5 Å². The number of anilines is 1. The molecule has 0 atom stereocenters. The molecule has 0 radical (unpaired) electrons. The maximum absolute atomic E-state index is 12.8. The van der Waals surface area contributed by atoms with Gasteiger partial charge in [0.2, 0.25) is 0 Å². The molecule has 0 aromatic heterocycles. The quantitative estimate of drug-likeness (QED) is 0.255. The van der Waals surface area contributed by atoms with Gasteiger partial charge in [-0.25, -0.2) is 0 Å². The molecule has 33 heavy (non-hydrogen) atoms. The largest absolute Gasteiger partial charge is 0.493 e. The van der Waals surface area contributed by atoms with E-state index in [1.165, 1.54) is 0 Å². The number of rotatable bonds is 10. The molecule has 0 fully saturated rings. The number of ether oxygens (including phenoxy) is 3. The first-order valence-electron chi connectivity index (χ1n) is 10.5. The van der Waals surface area contributed by atoms with Crippen LogP contribution in [0.1, 0.15) is 23.7 Å². The van der Waals surface area contributed by atoms with Gasteiger partial charge < -0.3 is 19.5 Å². The third-order valence-electron chi connectivity index (χ3n) is 4.36. The van der Waals surface area contributed by atoms with Crippen molar-refractivity contribution in [2.24, 2.45) is 0 Å². The molecule has 2 N–H and O–H groups in total. The summed E-state index contributed by atoms with van der Waals surface area (Å²) in [6, 6.07) is 22.2. The summed E-state index contributed by atoms with van der Waals surface area (Å²) in [4.78, 5) is 12.8. The Morgan fingerprint density at radius 2 is 1.58 bits per heavy atom. The second kappa shape index (κ2) is 12.8. The molecular formula is C25H25BrN2O4S. The molecule has 6 nitrogen and oxygen atoms in total. The lowest BCUT2D eigenvalue weighted by atomic mass is 10.2. The van der Waals surface area contributed by atoms with E-state index in [4.69, 9.17) is 26.4 Å². The summed E-state index contributed by atoms with van der Waals surface area (Å²) >= 11 is 8.76. The minimum absolute atomic E-state index is 0.151. The fourth-order valence-corrected chi connectivity index (χ4v) is 3.43. The minimum Gasteiger partial charge on any atom is -0.493 e. The molecule has 3 rings (SSSR count). The van der Waals surface area contributed by atoms with Gasteiger partial charge in [0.15, 0.2) is 5.11 Å². The van der Waals surface area contributed by atoms with Gasteiger partial charge in [0.05, 0.1) is 17.9 Å².